The normalized spacial score (nSPS) is 19.7. The van der Waals surface area contributed by atoms with Crippen molar-refractivity contribution in [3.05, 3.63) is 6.07 Å². The zero-order chi connectivity index (χ0) is 24.4. The Hall–Kier alpha value is -1.93. The molecule has 0 aromatic carbocycles. The summed E-state index contributed by atoms with van der Waals surface area (Å²) in [4.78, 5) is 14.0. The summed E-state index contributed by atoms with van der Waals surface area (Å²) in [5, 5.41) is 4.74. The maximum Gasteiger partial charge on any atom is 0.320 e. The lowest BCUT2D eigenvalue weighted by Crippen LogP contribution is -2.38. The van der Waals surface area contributed by atoms with E-state index in [4.69, 9.17) is 19.6 Å². The summed E-state index contributed by atoms with van der Waals surface area (Å²) in [7, 11) is 0. The van der Waals surface area contributed by atoms with E-state index in [1.165, 1.54) is 18.6 Å². The first kappa shape index (κ1) is 26.7. The van der Waals surface area contributed by atoms with Crippen molar-refractivity contribution in [2.24, 2.45) is 16.4 Å². The molecule has 1 N–H and O–H groups in total. The van der Waals surface area contributed by atoms with Crippen LogP contribution in [0.15, 0.2) is 11.2 Å². The van der Waals surface area contributed by atoms with Crippen LogP contribution in [0.2, 0.25) is 0 Å². The van der Waals surface area contributed by atoms with Gasteiger partial charge in [-0.15, -0.1) is 0 Å². The van der Waals surface area contributed by atoms with Gasteiger partial charge in [-0.3, -0.25) is 10.3 Å². The first-order chi connectivity index (χ1) is 16.4. The van der Waals surface area contributed by atoms with Crippen LogP contribution in [0, 0.1) is 11.3 Å². The van der Waals surface area contributed by atoms with E-state index in [2.05, 4.69) is 54.8 Å². The highest BCUT2D eigenvalue weighted by molar-refractivity contribution is 5.85. The Morgan fingerprint density at radius 3 is 2.41 bits per heavy atom. The van der Waals surface area contributed by atoms with Gasteiger partial charge in [0.25, 0.3) is 0 Å². The molecule has 0 unspecified atom stereocenters. The molecule has 1 aliphatic heterocycles. The molecule has 1 saturated carbocycles. The van der Waals surface area contributed by atoms with Crippen LogP contribution in [-0.4, -0.2) is 73.1 Å². The maximum absolute atomic E-state index is 6.02. The predicted molar refractivity (Wildman–Crippen MR) is 140 cm³/mol. The van der Waals surface area contributed by atoms with Crippen molar-refractivity contribution in [2.45, 2.75) is 73.1 Å². The fourth-order valence-electron chi connectivity index (χ4n) is 4.73. The van der Waals surface area contributed by atoms with Crippen molar-refractivity contribution in [1.29, 1.82) is 0 Å². The number of aromatic nitrogens is 2. The van der Waals surface area contributed by atoms with Gasteiger partial charge in [-0.25, -0.2) is 0 Å². The fraction of sp³-hybridized carbons (Fsp3) is 0.808. The zero-order valence-corrected chi connectivity index (χ0v) is 22.1. The maximum atomic E-state index is 6.02. The van der Waals surface area contributed by atoms with Crippen molar-refractivity contribution in [1.82, 2.24) is 14.9 Å². The Bertz CT molecular complexity index is 757. The van der Waals surface area contributed by atoms with Crippen LogP contribution < -0.4 is 15.1 Å². The van der Waals surface area contributed by atoms with Crippen LogP contribution >= 0.6 is 0 Å². The number of nitrogens with one attached hydrogen (secondary N) is 1. The molecule has 1 aromatic rings. The molecule has 2 heterocycles. The van der Waals surface area contributed by atoms with Gasteiger partial charge >= 0.3 is 6.01 Å². The number of nitrogens with zero attached hydrogens (tertiary/aromatic N) is 5. The van der Waals surface area contributed by atoms with Gasteiger partial charge in [-0.2, -0.15) is 15.1 Å². The van der Waals surface area contributed by atoms with Crippen molar-refractivity contribution in [2.75, 3.05) is 62.9 Å². The third-order valence-corrected chi connectivity index (χ3v) is 6.86. The van der Waals surface area contributed by atoms with E-state index >= 15 is 0 Å². The highest BCUT2D eigenvalue weighted by atomic mass is 16.5. The van der Waals surface area contributed by atoms with Gasteiger partial charge in [0.2, 0.25) is 0 Å². The number of anilines is 2. The zero-order valence-electron chi connectivity index (χ0n) is 22.1. The second kappa shape index (κ2) is 13.2. The Labute approximate surface area is 206 Å². The lowest BCUT2D eigenvalue weighted by molar-refractivity contribution is 0.0317. The molecule has 0 spiro atoms. The first-order valence-corrected chi connectivity index (χ1v) is 13.3. The highest BCUT2D eigenvalue weighted by Gasteiger charge is 2.28. The van der Waals surface area contributed by atoms with Crippen molar-refractivity contribution >= 4 is 17.3 Å². The van der Waals surface area contributed by atoms with Gasteiger partial charge in [0.15, 0.2) is 5.82 Å². The first-order valence-electron chi connectivity index (χ1n) is 13.3. The smallest absolute Gasteiger partial charge is 0.320 e. The molecule has 34 heavy (non-hydrogen) atoms. The number of rotatable bonds is 11. The monoisotopic (exact) mass is 474 g/mol. The van der Waals surface area contributed by atoms with Gasteiger partial charge in [-0.05, 0) is 49.9 Å². The summed E-state index contributed by atoms with van der Waals surface area (Å²) in [6.45, 7) is 18.2. The minimum atomic E-state index is 0.371. The van der Waals surface area contributed by atoms with E-state index < -0.39 is 0 Å². The fourth-order valence-corrected chi connectivity index (χ4v) is 4.73. The van der Waals surface area contributed by atoms with Gasteiger partial charge in [0.1, 0.15) is 12.4 Å². The third kappa shape index (κ3) is 8.38. The molecule has 0 atom stereocenters. The Morgan fingerprint density at radius 2 is 1.79 bits per heavy atom. The molecule has 1 saturated heterocycles. The molecule has 0 bridgehead atoms. The van der Waals surface area contributed by atoms with Crippen molar-refractivity contribution < 1.29 is 9.47 Å². The molecule has 1 aliphatic carbocycles. The molecule has 3 rings (SSSR count). The van der Waals surface area contributed by atoms with Crippen LogP contribution in [-0.2, 0) is 4.74 Å². The van der Waals surface area contributed by atoms with Crippen LogP contribution in [0.5, 0.6) is 6.01 Å². The molecule has 8 nitrogen and oxygen atoms in total. The van der Waals surface area contributed by atoms with E-state index in [1.807, 2.05) is 6.07 Å². The molecular formula is C26H46N6O2. The lowest BCUT2D eigenvalue weighted by Gasteiger charge is -2.34. The minimum absolute atomic E-state index is 0.371. The second-order valence-corrected chi connectivity index (χ2v) is 10.6. The number of hydrogen-bond acceptors (Lipinski definition) is 8. The lowest BCUT2D eigenvalue weighted by atomic mass is 9.72. The number of ether oxygens (including phenoxy) is 2. The molecule has 8 heteroatoms. The standard InChI is InChI=1S/C26H46N6O2/c1-6-12-32(13-7-2)24-20-23(30-29-22-10-8-21(9-11-22)26(3,4)5)27-25(28-24)34-19-16-31-14-17-33-18-15-31/h20-21H,6-19H2,1-5H3,(H,27,28,30). The van der Waals surface area contributed by atoms with E-state index in [0.717, 1.165) is 83.4 Å². The van der Waals surface area contributed by atoms with Crippen LogP contribution in [0.4, 0.5) is 11.6 Å². The summed E-state index contributed by atoms with van der Waals surface area (Å²) in [5.74, 6) is 2.37. The topological polar surface area (TPSA) is 75.1 Å². The minimum Gasteiger partial charge on any atom is -0.462 e. The quantitative estimate of drug-likeness (QED) is 0.461. The Morgan fingerprint density at radius 1 is 1.12 bits per heavy atom. The van der Waals surface area contributed by atoms with Crippen molar-refractivity contribution in [3.8, 4) is 6.01 Å². The van der Waals surface area contributed by atoms with Crippen LogP contribution in [0.3, 0.4) is 0 Å². The summed E-state index contributed by atoms with van der Waals surface area (Å²) >= 11 is 0. The Balaban J connectivity index is 1.67. The SMILES string of the molecule is CCCN(CCC)c1cc(NN=C2CCC(C(C)(C)C)CC2)nc(OCCN2CCOCC2)n1. The molecule has 2 fully saturated rings. The van der Waals surface area contributed by atoms with Crippen LogP contribution in [0.1, 0.15) is 73.1 Å². The van der Waals surface area contributed by atoms with E-state index in [0.29, 0.717) is 23.9 Å². The largest absolute Gasteiger partial charge is 0.462 e. The molecule has 2 aliphatic rings. The highest BCUT2D eigenvalue weighted by Crippen LogP contribution is 2.36. The van der Waals surface area contributed by atoms with E-state index in [1.54, 1.807) is 0 Å². The average molecular weight is 475 g/mol. The summed E-state index contributed by atoms with van der Waals surface area (Å²) in [6.07, 6.45) is 6.64. The summed E-state index contributed by atoms with van der Waals surface area (Å²) in [6, 6.07) is 2.42. The molecule has 1 aromatic heterocycles. The van der Waals surface area contributed by atoms with Gasteiger partial charge in [0, 0.05) is 44.5 Å². The summed E-state index contributed by atoms with van der Waals surface area (Å²) in [5.41, 5.74) is 4.83. The van der Waals surface area contributed by atoms with E-state index in [-0.39, 0.29) is 0 Å². The number of hydrazone groups is 1. The molecule has 0 amide bonds. The van der Waals surface area contributed by atoms with Crippen LogP contribution in [0.25, 0.3) is 0 Å². The van der Waals surface area contributed by atoms with Gasteiger partial charge < -0.3 is 14.4 Å². The van der Waals surface area contributed by atoms with Crippen molar-refractivity contribution in [3.63, 3.8) is 0 Å². The van der Waals surface area contributed by atoms with E-state index in [9.17, 15) is 0 Å². The summed E-state index contributed by atoms with van der Waals surface area (Å²) < 4.78 is 11.5. The Kier molecular flexibility index (Phi) is 10.4. The van der Waals surface area contributed by atoms with Gasteiger partial charge in [-0.1, -0.05) is 34.6 Å². The number of morpholine rings is 1. The third-order valence-electron chi connectivity index (χ3n) is 6.86. The molecule has 0 radical (unpaired) electrons. The molecule has 192 valence electrons. The van der Waals surface area contributed by atoms with Gasteiger partial charge in [0.05, 0.1) is 13.2 Å². The average Bonchev–Trinajstić information content (AvgIpc) is 2.83. The number of hydrogen-bond donors (Lipinski definition) is 1. The molecular weight excluding hydrogens is 428 g/mol. The second-order valence-electron chi connectivity index (χ2n) is 10.6. The predicted octanol–water partition coefficient (Wildman–Crippen LogP) is 4.82.